The summed E-state index contributed by atoms with van der Waals surface area (Å²) in [4.78, 5) is 4.74. The third-order valence-corrected chi connectivity index (χ3v) is 3.87. The Bertz CT molecular complexity index is 822. The molecule has 2 aromatic carbocycles. The molecule has 0 saturated heterocycles. The molecule has 2 rings (SSSR count). The fourth-order valence-corrected chi connectivity index (χ4v) is 2.64. The van der Waals surface area contributed by atoms with E-state index < -0.39 is 34.6 Å². The molecule has 50 heavy (non-hydrogen) atoms. The number of rotatable bonds is 8. The normalized spacial score (nSPS) is 6.00. The van der Waals surface area contributed by atoms with Gasteiger partial charge in [0, 0.05) is 9.82 Å². The van der Waals surface area contributed by atoms with Crippen LogP contribution in [0.25, 0.3) is 20.9 Å². The van der Waals surface area contributed by atoms with Crippen LogP contribution in [-0.4, -0.2) is 0 Å². The first-order valence-corrected chi connectivity index (χ1v) is 12.0. The van der Waals surface area contributed by atoms with Gasteiger partial charge < -0.3 is 0 Å². The largest absolute Gasteiger partial charge is 0.206 e. The molecule has 0 saturated carbocycles. The highest BCUT2D eigenvalue weighted by Crippen LogP contribution is 2.26. The minimum atomic E-state index is -0.922. The van der Waals surface area contributed by atoms with Crippen LogP contribution in [0.15, 0.2) is 34.5 Å². The monoisotopic (exact) mass is 739 g/mol. The highest BCUT2D eigenvalue weighted by atomic mass is 19.1. The highest BCUT2D eigenvalue weighted by molar-refractivity contribution is 5.43. The summed E-state index contributed by atoms with van der Waals surface area (Å²) >= 11 is 0. The average molecular weight is 739 g/mol. The molecule has 0 radical (unpaired) electrons. The Morgan fingerprint density at radius 1 is 0.400 bits per heavy atom. The number of unbranched alkanes of at least 4 members (excludes halogenated alkanes) is 2. The maximum Gasteiger partial charge on any atom is 0.136 e. The molecular weight excluding hydrogens is 640 g/mol. The number of benzene rings is 2. The van der Waals surface area contributed by atoms with Gasteiger partial charge in [-0.2, -0.15) is 0 Å². The summed E-state index contributed by atoms with van der Waals surface area (Å²) in [6.45, 7) is 16.0. The molecule has 0 spiro atoms. The second-order valence-electron chi connectivity index (χ2n) is 5.76. The van der Waals surface area contributed by atoms with E-state index in [-0.39, 0.29) is 111 Å². The molecular formula is C40H98F4N6. The number of aryl methyl sites for hydroxylation is 2. The summed E-state index contributed by atoms with van der Waals surface area (Å²) in [7, 11) is 0. The van der Waals surface area contributed by atoms with Gasteiger partial charge in [-0.25, -0.2) is 17.6 Å². The summed E-state index contributed by atoms with van der Waals surface area (Å²) < 4.78 is 54.6. The Labute approximate surface area is 317 Å². The molecule has 0 fully saturated rings. The number of azide groups is 2. The van der Waals surface area contributed by atoms with E-state index in [2.05, 4.69) is 20.1 Å². The molecule has 0 heterocycles. The highest BCUT2D eigenvalue weighted by Gasteiger charge is 2.11. The summed E-state index contributed by atoms with van der Waals surface area (Å²) in [5.74, 6) is -3.69. The topological polar surface area (TPSA) is 97.5 Å². The van der Waals surface area contributed by atoms with Crippen molar-refractivity contribution in [3.63, 3.8) is 0 Å². The zero-order valence-electron chi connectivity index (χ0n) is 22.0. The third-order valence-electron chi connectivity index (χ3n) is 3.87. The number of hydrogen-bond donors (Lipinski definition) is 0. The molecule has 0 atom stereocenters. The summed E-state index contributed by atoms with van der Waals surface area (Å²) in [5, 5.41) is 5.93. The maximum absolute atomic E-state index is 13.7. The van der Waals surface area contributed by atoms with Gasteiger partial charge in [0.2, 0.25) is 0 Å². The molecule has 0 aliphatic rings. The van der Waals surface area contributed by atoms with Gasteiger partial charge in [0.05, 0.1) is 0 Å². The summed E-state index contributed by atoms with van der Waals surface area (Å²) in [6.07, 6.45) is 2.71. The second-order valence-corrected chi connectivity index (χ2v) is 5.76. The molecule has 0 aliphatic carbocycles. The Hall–Kier alpha value is -3.22. The van der Waals surface area contributed by atoms with Crippen molar-refractivity contribution in [3.8, 4) is 0 Å². The van der Waals surface area contributed by atoms with Crippen LogP contribution in [0.5, 0.6) is 0 Å². The number of nitrogens with zero attached hydrogens (tertiary/aromatic N) is 6. The van der Waals surface area contributed by atoms with Crippen LogP contribution in [0.4, 0.5) is 28.9 Å². The molecule has 2 aromatic rings. The number of hydrogen-bond acceptors (Lipinski definition) is 2. The maximum atomic E-state index is 13.7. The smallest absolute Gasteiger partial charge is 0.136 e. The molecule has 316 valence electrons. The lowest BCUT2D eigenvalue weighted by Crippen LogP contribution is -1.93. The van der Waals surface area contributed by atoms with Crippen molar-refractivity contribution in [1.82, 2.24) is 0 Å². The van der Waals surface area contributed by atoms with E-state index >= 15 is 0 Å². The van der Waals surface area contributed by atoms with Crippen LogP contribution in [0.1, 0.15) is 197 Å². The van der Waals surface area contributed by atoms with E-state index in [1.807, 2.05) is 55.4 Å². The molecule has 0 N–H and O–H groups in total. The average Bonchev–Trinajstić information content (AvgIpc) is 2.88. The van der Waals surface area contributed by atoms with Crippen molar-refractivity contribution < 1.29 is 17.6 Å². The Morgan fingerprint density at radius 3 is 0.740 bits per heavy atom. The summed E-state index contributed by atoms with van der Waals surface area (Å²) in [5.41, 5.74) is 16.1. The lowest BCUT2D eigenvalue weighted by atomic mass is 10.0. The standard InChI is InChI=1S/C17H14F4N6.4C2H6.15CH4/c18-12-6-10(7-13(19)16(12)24-26-22)4-2-1-3-5-11-8-14(20)17(25-27-23)15(21)9-11;4*1-2;;;;;;;;;;;;;;;/h6-9H,1-5H2;4*1-2H3;15*1H4. The fraction of sp³-hybridized carbons (Fsp3) is 0.700. The number of halogens is 4. The quantitative estimate of drug-likeness (QED) is 0.0847. The van der Waals surface area contributed by atoms with E-state index in [0.29, 0.717) is 43.2 Å². The summed E-state index contributed by atoms with van der Waals surface area (Å²) in [6, 6.07) is 4.47. The lowest BCUT2D eigenvalue weighted by Gasteiger charge is -2.06. The first-order chi connectivity index (χ1) is 17.0. The van der Waals surface area contributed by atoms with Gasteiger partial charge in [0.1, 0.15) is 34.6 Å². The molecule has 0 aliphatic heterocycles. The molecule has 6 nitrogen and oxygen atoms in total. The zero-order valence-corrected chi connectivity index (χ0v) is 22.0. The van der Waals surface area contributed by atoms with Crippen LogP contribution in [0.3, 0.4) is 0 Å². The van der Waals surface area contributed by atoms with Crippen LogP contribution in [0.2, 0.25) is 0 Å². The third kappa shape index (κ3) is 46.9. The van der Waals surface area contributed by atoms with E-state index in [9.17, 15) is 17.6 Å². The van der Waals surface area contributed by atoms with Crippen LogP contribution < -0.4 is 0 Å². The van der Waals surface area contributed by atoms with Crippen molar-refractivity contribution in [2.75, 3.05) is 0 Å². The van der Waals surface area contributed by atoms with E-state index in [0.717, 1.165) is 24.3 Å². The minimum Gasteiger partial charge on any atom is -0.206 e. The first kappa shape index (κ1) is 118. The minimum absolute atomic E-state index is 0. The van der Waals surface area contributed by atoms with Gasteiger partial charge in [0.25, 0.3) is 0 Å². The predicted molar refractivity (Wildman–Crippen MR) is 238 cm³/mol. The Balaban J connectivity index is -0.0000000260. The van der Waals surface area contributed by atoms with Crippen LogP contribution in [-0.2, 0) is 12.8 Å². The molecule has 10 heteroatoms. The molecule has 0 aromatic heterocycles. The molecule has 0 bridgehead atoms. The van der Waals surface area contributed by atoms with Crippen LogP contribution >= 0.6 is 0 Å². The molecule has 0 amide bonds. The van der Waals surface area contributed by atoms with Crippen LogP contribution in [0, 0.1) is 23.3 Å². The van der Waals surface area contributed by atoms with Gasteiger partial charge >= 0.3 is 0 Å². The van der Waals surface area contributed by atoms with Crippen molar-refractivity contribution in [2.24, 2.45) is 10.2 Å². The van der Waals surface area contributed by atoms with Crippen molar-refractivity contribution in [3.05, 3.63) is 79.5 Å². The van der Waals surface area contributed by atoms with Gasteiger partial charge in [-0.05, 0) is 72.1 Å². The van der Waals surface area contributed by atoms with Gasteiger partial charge in [-0.15, -0.1) is 0 Å². The Kier molecular flexibility index (Phi) is 190. The first-order valence-electron chi connectivity index (χ1n) is 12.0. The van der Waals surface area contributed by atoms with Gasteiger partial charge in [-0.1, -0.05) is 183 Å². The zero-order chi connectivity index (χ0) is 27.8. The molecule has 0 unspecified atom stereocenters. The Morgan fingerprint density at radius 2 is 0.580 bits per heavy atom. The fourth-order valence-electron chi connectivity index (χ4n) is 2.64. The predicted octanol–water partition coefficient (Wildman–Crippen LogP) is 20.7. The lowest BCUT2D eigenvalue weighted by molar-refractivity contribution is 0.578. The van der Waals surface area contributed by atoms with Crippen molar-refractivity contribution in [2.45, 2.75) is 199 Å². The SMILES string of the molecule is C.C.C.C.C.C.C.C.C.C.C.C.C.C.C.CC.CC.CC.CC.[N-]=[N+]=Nc1c(F)cc(CCCCCc2cc(F)c(N=[N+]=[N-])c(F)c2)cc1F. The van der Waals surface area contributed by atoms with Gasteiger partial charge in [0.15, 0.2) is 0 Å². The van der Waals surface area contributed by atoms with E-state index in [1.54, 1.807) is 0 Å². The van der Waals surface area contributed by atoms with E-state index in [1.165, 1.54) is 0 Å². The van der Waals surface area contributed by atoms with Crippen molar-refractivity contribution in [1.29, 1.82) is 0 Å². The van der Waals surface area contributed by atoms with E-state index in [4.69, 9.17) is 11.1 Å². The van der Waals surface area contributed by atoms with Gasteiger partial charge in [-0.3, -0.25) is 0 Å². The van der Waals surface area contributed by atoms with Crippen molar-refractivity contribution >= 4 is 11.4 Å². The second kappa shape index (κ2) is 80.4.